The molecule has 0 aliphatic rings. The largest absolute Gasteiger partial charge is 0.332 e. The Morgan fingerprint density at radius 1 is 1.18 bits per heavy atom. The highest BCUT2D eigenvalue weighted by molar-refractivity contribution is 6.67. The summed E-state index contributed by atoms with van der Waals surface area (Å²) < 4.78 is 1.97. The number of halogens is 1. The van der Waals surface area contributed by atoms with Crippen molar-refractivity contribution in [1.29, 1.82) is 0 Å². The van der Waals surface area contributed by atoms with Crippen LogP contribution in [0.3, 0.4) is 0 Å². The molecule has 2 aromatic heterocycles. The fourth-order valence-electron chi connectivity index (χ4n) is 1.33. The van der Waals surface area contributed by atoms with Crippen molar-refractivity contribution >= 4 is 28.0 Å². The SMILES string of the molecule is Cn1c(=O)c2nc(C(=O)Cl)nnc2n(C)c1=O. The maximum atomic E-state index is 11.7. The Morgan fingerprint density at radius 3 is 2.41 bits per heavy atom. The van der Waals surface area contributed by atoms with Crippen molar-refractivity contribution in [2.45, 2.75) is 0 Å². The molecule has 0 spiro atoms. The quantitative estimate of drug-likeness (QED) is 0.594. The lowest BCUT2D eigenvalue weighted by atomic mass is 10.5. The molecule has 0 saturated carbocycles. The van der Waals surface area contributed by atoms with Gasteiger partial charge in [0.15, 0.2) is 11.2 Å². The molecule has 0 unspecified atom stereocenters. The number of hydrogen-bond donors (Lipinski definition) is 0. The standard InChI is InChI=1S/C8H6ClN5O3/c1-13-6-3(7(16)14(2)8(13)17)10-5(4(9)15)11-12-6/h1-2H3. The molecule has 9 heteroatoms. The minimum atomic E-state index is -0.921. The number of aryl methyl sites for hydroxylation is 1. The number of carbonyl (C=O) groups is 1. The van der Waals surface area contributed by atoms with E-state index in [4.69, 9.17) is 11.6 Å². The van der Waals surface area contributed by atoms with Crippen LogP contribution in [0.5, 0.6) is 0 Å². The number of aromatic nitrogens is 5. The van der Waals surface area contributed by atoms with Crippen molar-refractivity contribution in [3.63, 3.8) is 0 Å². The minimum Gasteiger partial charge on any atom is -0.278 e. The van der Waals surface area contributed by atoms with Crippen LogP contribution in [0.2, 0.25) is 0 Å². The summed E-state index contributed by atoms with van der Waals surface area (Å²) in [6.45, 7) is 0. The van der Waals surface area contributed by atoms with Crippen molar-refractivity contribution in [3.05, 3.63) is 26.7 Å². The average Bonchev–Trinajstić information content (AvgIpc) is 2.32. The molecule has 17 heavy (non-hydrogen) atoms. The molecule has 2 aromatic rings. The summed E-state index contributed by atoms with van der Waals surface area (Å²) in [6, 6.07) is 0. The minimum absolute atomic E-state index is 0.000216. The number of rotatable bonds is 1. The van der Waals surface area contributed by atoms with Gasteiger partial charge in [0, 0.05) is 14.1 Å². The molecular formula is C8H6ClN5O3. The van der Waals surface area contributed by atoms with Gasteiger partial charge in [0.1, 0.15) is 0 Å². The maximum absolute atomic E-state index is 11.7. The predicted molar refractivity (Wildman–Crippen MR) is 58.0 cm³/mol. The zero-order valence-corrected chi connectivity index (χ0v) is 9.59. The summed E-state index contributed by atoms with van der Waals surface area (Å²) in [6.07, 6.45) is 0. The van der Waals surface area contributed by atoms with Gasteiger partial charge < -0.3 is 0 Å². The molecule has 0 bridgehead atoms. The fraction of sp³-hybridized carbons (Fsp3) is 0.250. The van der Waals surface area contributed by atoms with Crippen molar-refractivity contribution in [3.8, 4) is 0 Å². The molecule has 0 fully saturated rings. The van der Waals surface area contributed by atoms with Crippen LogP contribution >= 0.6 is 11.6 Å². The van der Waals surface area contributed by atoms with Crippen molar-refractivity contribution in [2.75, 3.05) is 0 Å². The van der Waals surface area contributed by atoms with Crippen LogP contribution in [0.15, 0.2) is 9.59 Å². The van der Waals surface area contributed by atoms with Gasteiger partial charge in [-0.3, -0.25) is 18.7 Å². The van der Waals surface area contributed by atoms with E-state index in [0.717, 1.165) is 9.13 Å². The lowest BCUT2D eigenvalue weighted by Crippen LogP contribution is -2.38. The maximum Gasteiger partial charge on any atom is 0.332 e. The highest BCUT2D eigenvalue weighted by atomic mass is 35.5. The number of carbonyl (C=O) groups excluding carboxylic acids is 1. The third-order valence-electron chi connectivity index (χ3n) is 2.24. The zero-order valence-electron chi connectivity index (χ0n) is 8.84. The van der Waals surface area contributed by atoms with E-state index in [2.05, 4.69) is 15.2 Å². The zero-order chi connectivity index (χ0) is 12.7. The van der Waals surface area contributed by atoms with Gasteiger partial charge in [-0.05, 0) is 11.6 Å². The third-order valence-corrected chi connectivity index (χ3v) is 2.41. The third kappa shape index (κ3) is 1.62. The Labute approximate surface area is 98.5 Å². The monoisotopic (exact) mass is 255 g/mol. The van der Waals surface area contributed by atoms with Gasteiger partial charge in [-0.1, -0.05) is 0 Å². The molecular weight excluding hydrogens is 250 g/mol. The van der Waals surface area contributed by atoms with Crippen LogP contribution in [0.4, 0.5) is 0 Å². The van der Waals surface area contributed by atoms with E-state index in [0.29, 0.717) is 0 Å². The molecule has 0 aliphatic heterocycles. The van der Waals surface area contributed by atoms with Gasteiger partial charge in [-0.15, -0.1) is 10.2 Å². The fourth-order valence-corrected chi connectivity index (χ4v) is 1.41. The summed E-state index contributed by atoms with van der Waals surface area (Å²) in [5.41, 5.74) is -1.34. The van der Waals surface area contributed by atoms with Crippen molar-refractivity contribution in [1.82, 2.24) is 24.3 Å². The number of fused-ring (bicyclic) bond motifs is 1. The van der Waals surface area contributed by atoms with Crippen LogP contribution < -0.4 is 11.2 Å². The van der Waals surface area contributed by atoms with E-state index < -0.39 is 16.5 Å². The summed E-state index contributed by atoms with van der Waals surface area (Å²) >= 11 is 5.19. The molecule has 0 aromatic carbocycles. The van der Waals surface area contributed by atoms with Crippen LogP contribution in [0, 0.1) is 0 Å². The molecule has 0 N–H and O–H groups in total. The van der Waals surface area contributed by atoms with Gasteiger partial charge in [0.2, 0.25) is 5.82 Å². The van der Waals surface area contributed by atoms with E-state index >= 15 is 0 Å². The van der Waals surface area contributed by atoms with E-state index in [1.165, 1.54) is 14.1 Å². The molecule has 0 amide bonds. The van der Waals surface area contributed by atoms with Gasteiger partial charge in [-0.25, -0.2) is 9.78 Å². The lowest BCUT2D eigenvalue weighted by molar-refractivity contribution is 0.107. The van der Waals surface area contributed by atoms with Gasteiger partial charge >= 0.3 is 5.69 Å². The first-order valence-corrected chi connectivity index (χ1v) is 4.81. The topological polar surface area (TPSA) is 99.7 Å². The Balaban J connectivity index is 3.02. The Morgan fingerprint density at radius 2 is 1.82 bits per heavy atom. The van der Waals surface area contributed by atoms with Crippen molar-refractivity contribution in [2.24, 2.45) is 14.1 Å². The summed E-state index contributed by atoms with van der Waals surface area (Å²) in [5.74, 6) is -0.380. The van der Waals surface area contributed by atoms with Crippen LogP contribution in [0.25, 0.3) is 11.2 Å². The summed E-state index contributed by atoms with van der Waals surface area (Å²) in [7, 11) is 2.72. The molecule has 0 radical (unpaired) electrons. The molecule has 0 atom stereocenters. The van der Waals surface area contributed by atoms with Gasteiger partial charge in [0.25, 0.3) is 10.8 Å². The van der Waals surface area contributed by atoms with Crippen LogP contribution in [0.1, 0.15) is 10.6 Å². The number of hydrogen-bond acceptors (Lipinski definition) is 6. The number of nitrogens with zero attached hydrogens (tertiary/aromatic N) is 5. The Hall–Kier alpha value is -2.09. The van der Waals surface area contributed by atoms with Crippen molar-refractivity contribution < 1.29 is 4.79 Å². The van der Waals surface area contributed by atoms with Gasteiger partial charge in [0.05, 0.1) is 0 Å². The second-order valence-corrected chi connectivity index (χ2v) is 3.63. The first-order chi connectivity index (χ1) is 7.93. The smallest absolute Gasteiger partial charge is 0.278 e. The van der Waals surface area contributed by atoms with E-state index in [-0.39, 0.29) is 17.0 Å². The molecule has 8 nitrogen and oxygen atoms in total. The molecule has 2 heterocycles. The van der Waals surface area contributed by atoms with Gasteiger partial charge in [-0.2, -0.15) is 0 Å². The predicted octanol–water partition coefficient (Wildman–Crippen LogP) is -1.20. The normalized spacial score (nSPS) is 10.8. The Bertz CT molecular complexity index is 747. The lowest BCUT2D eigenvalue weighted by Gasteiger charge is -2.04. The highest BCUT2D eigenvalue weighted by Crippen LogP contribution is 2.01. The summed E-state index contributed by atoms with van der Waals surface area (Å²) in [4.78, 5) is 37.8. The average molecular weight is 256 g/mol. The summed E-state index contributed by atoms with van der Waals surface area (Å²) in [5, 5.41) is 6.10. The van der Waals surface area contributed by atoms with Crippen LogP contribution in [-0.2, 0) is 14.1 Å². The Kier molecular flexibility index (Phi) is 2.50. The second-order valence-electron chi connectivity index (χ2n) is 3.29. The van der Waals surface area contributed by atoms with Crippen LogP contribution in [-0.4, -0.2) is 29.6 Å². The first kappa shape index (κ1) is 11.4. The molecule has 2 rings (SSSR count). The second kappa shape index (κ2) is 3.74. The molecule has 0 aliphatic carbocycles. The first-order valence-electron chi connectivity index (χ1n) is 4.43. The molecule has 0 saturated heterocycles. The molecule has 88 valence electrons. The van der Waals surface area contributed by atoms with E-state index in [1.54, 1.807) is 0 Å². The highest BCUT2D eigenvalue weighted by Gasteiger charge is 2.15. The van der Waals surface area contributed by atoms with E-state index in [9.17, 15) is 14.4 Å². The van der Waals surface area contributed by atoms with E-state index in [1.807, 2.05) is 0 Å².